The molecule has 0 fully saturated rings. The van der Waals surface area contributed by atoms with Gasteiger partial charge in [-0.05, 0) is 36.3 Å². The molecule has 1 amide bonds. The summed E-state index contributed by atoms with van der Waals surface area (Å²) in [6.45, 7) is 6.18. The number of carbonyl (C=O) groups is 1. The van der Waals surface area contributed by atoms with Crippen molar-refractivity contribution in [1.29, 1.82) is 0 Å². The van der Waals surface area contributed by atoms with Gasteiger partial charge in [-0.1, -0.05) is 56.3 Å². The van der Waals surface area contributed by atoms with Gasteiger partial charge < -0.3 is 4.90 Å². The highest BCUT2D eigenvalue weighted by Crippen LogP contribution is 2.23. The number of hydrogen-bond donors (Lipinski definition) is 0. The smallest absolute Gasteiger partial charge is 0.244 e. The summed E-state index contributed by atoms with van der Waals surface area (Å²) in [6, 6.07) is 15.8. The van der Waals surface area contributed by atoms with Crippen molar-refractivity contribution in [3.05, 3.63) is 71.5 Å². The number of nitrogens with zero attached hydrogens (tertiary/aromatic N) is 2. The zero-order valence-electron chi connectivity index (χ0n) is 14.6. The molecule has 24 heavy (non-hydrogen) atoms. The lowest BCUT2D eigenvalue weighted by Crippen LogP contribution is -2.41. The first kappa shape index (κ1) is 18.1. The molecule has 0 bridgehead atoms. The van der Waals surface area contributed by atoms with E-state index < -0.39 is 0 Å². The molecule has 0 saturated carbocycles. The quantitative estimate of drug-likeness (QED) is 0.770. The monoisotopic (exact) mass is 328 g/mol. The zero-order chi connectivity index (χ0) is 17.5. The first-order chi connectivity index (χ1) is 11.6. The number of hydrogen-bond acceptors (Lipinski definition) is 2. The standard InChI is InChI=1S/C20H25FN2O/c1-4-23(5-2)19(17-9-7-6-8-10-17)20(24)22(3)15-16-11-13-18(21)14-12-16/h6-14,19H,4-5,15H2,1-3H3. The Morgan fingerprint density at radius 3 is 2.12 bits per heavy atom. The van der Waals surface area contributed by atoms with Crippen LogP contribution in [0.3, 0.4) is 0 Å². The molecule has 0 aliphatic rings. The maximum absolute atomic E-state index is 13.1. The van der Waals surface area contributed by atoms with Gasteiger partial charge in [0.15, 0.2) is 0 Å². The van der Waals surface area contributed by atoms with Crippen LogP contribution in [0.1, 0.15) is 31.0 Å². The average Bonchev–Trinajstić information content (AvgIpc) is 2.61. The molecule has 0 heterocycles. The third-order valence-electron chi connectivity index (χ3n) is 4.24. The second-order valence-electron chi connectivity index (χ2n) is 5.86. The van der Waals surface area contributed by atoms with E-state index in [4.69, 9.17) is 0 Å². The van der Waals surface area contributed by atoms with Crippen LogP contribution in [0.4, 0.5) is 4.39 Å². The molecule has 1 unspecified atom stereocenters. The van der Waals surface area contributed by atoms with Crippen molar-refractivity contribution in [3.8, 4) is 0 Å². The lowest BCUT2D eigenvalue weighted by Gasteiger charge is -2.32. The summed E-state index contributed by atoms with van der Waals surface area (Å²) in [5, 5.41) is 0. The fourth-order valence-corrected chi connectivity index (χ4v) is 2.88. The Kier molecular flexibility index (Phi) is 6.50. The molecule has 2 aromatic carbocycles. The number of amides is 1. The van der Waals surface area contributed by atoms with E-state index >= 15 is 0 Å². The molecule has 4 heteroatoms. The Morgan fingerprint density at radius 2 is 1.58 bits per heavy atom. The zero-order valence-corrected chi connectivity index (χ0v) is 14.6. The highest BCUT2D eigenvalue weighted by Gasteiger charge is 2.28. The fraction of sp³-hybridized carbons (Fsp3) is 0.350. The van der Waals surface area contributed by atoms with Gasteiger partial charge in [0.2, 0.25) is 5.91 Å². The molecular formula is C20H25FN2O. The van der Waals surface area contributed by atoms with Gasteiger partial charge in [-0.2, -0.15) is 0 Å². The van der Waals surface area contributed by atoms with E-state index in [1.807, 2.05) is 30.3 Å². The Labute approximate surface area is 143 Å². The van der Waals surface area contributed by atoms with Gasteiger partial charge in [0, 0.05) is 13.6 Å². The Bertz CT molecular complexity index is 638. The van der Waals surface area contributed by atoms with E-state index in [0.717, 1.165) is 24.2 Å². The van der Waals surface area contributed by atoms with Crippen LogP contribution in [-0.4, -0.2) is 35.8 Å². The van der Waals surface area contributed by atoms with Gasteiger partial charge in [-0.25, -0.2) is 4.39 Å². The minimum atomic E-state index is -0.299. The van der Waals surface area contributed by atoms with Crippen molar-refractivity contribution < 1.29 is 9.18 Å². The SMILES string of the molecule is CCN(CC)C(C(=O)N(C)Cc1ccc(F)cc1)c1ccccc1. The van der Waals surface area contributed by atoms with Gasteiger partial charge in [0.25, 0.3) is 0 Å². The Morgan fingerprint density at radius 1 is 1.00 bits per heavy atom. The second kappa shape index (κ2) is 8.60. The molecule has 128 valence electrons. The van der Waals surface area contributed by atoms with Crippen molar-refractivity contribution in [2.24, 2.45) is 0 Å². The van der Waals surface area contributed by atoms with Crippen LogP contribution < -0.4 is 0 Å². The molecule has 0 aliphatic carbocycles. The van der Waals surface area contributed by atoms with Crippen molar-refractivity contribution in [2.75, 3.05) is 20.1 Å². The van der Waals surface area contributed by atoms with Crippen LogP contribution in [0.15, 0.2) is 54.6 Å². The lowest BCUT2D eigenvalue weighted by molar-refractivity contribution is -0.136. The van der Waals surface area contributed by atoms with E-state index in [0.29, 0.717) is 6.54 Å². The minimum absolute atomic E-state index is 0.0502. The van der Waals surface area contributed by atoms with Crippen LogP contribution in [0.2, 0.25) is 0 Å². The van der Waals surface area contributed by atoms with Crippen LogP contribution in [-0.2, 0) is 11.3 Å². The molecule has 0 radical (unpaired) electrons. The lowest BCUT2D eigenvalue weighted by atomic mass is 10.0. The van der Waals surface area contributed by atoms with E-state index in [2.05, 4.69) is 18.7 Å². The number of halogens is 1. The van der Waals surface area contributed by atoms with Crippen molar-refractivity contribution >= 4 is 5.91 Å². The predicted octanol–water partition coefficient (Wildman–Crippen LogP) is 3.87. The molecule has 1 atom stereocenters. The fourth-order valence-electron chi connectivity index (χ4n) is 2.88. The number of benzene rings is 2. The first-order valence-electron chi connectivity index (χ1n) is 8.35. The van der Waals surface area contributed by atoms with Crippen molar-refractivity contribution in [2.45, 2.75) is 26.4 Å². The molecule has 2 aromatic rings. The maximum Gasteiger partial charge on any atom is 0.244 e. The van der Waals surface area contributed by atoms with Crippen LogP contribution in [0.5, 0.6) is 0 Å². The minimum Gasteiger partial charge on any atom is -0.340 e. The molecule has 0 aromatic heterocycles. The summed E-state index contributed by atoms with van der Waals surface area (Å²) >= 11 is 0. The molecule has 0 saturated heterocycles. The average molecular weight is 328 g/mol. The van der Waals surface area contributed by atoms with E-state index in [9.17, 15) is 9.18 Å². The van der Waals surface area contributed by atoms with E-state index in [1.165, 1.54) is 12.1 Å². The molecule has 2 rings (SSSR count). The van der Waals surface area contributed by atoms with Crippen molar-refractivity contribution in [3.63, 3.8) is 0 Å². The highest BCUT2D eigenvalue weighted by molar-refractivity contribution is 5.83. The first-order valence-corrected chi connectivity index (χ1v) is 8.35. The van der Waals surface area contributed by atoms with Gasteiger partial charge in [0.1, 0.15) is 11.9 Å². The molecular weight excluding hydrogens is 303 g/mol. The molecule has 0 spiro atoms. The number of carbonyl (C=O) groups excluding carboxylic acids is 1. The normalized spacial score (nSPS) is 12.2. The topological polar surface area (TPSA) is 23.6 Å². The maximum atomic E-state index is 13.1. The summed E-state index contributed by atoms with van der Waals surface area (Å²) in [5.74, 6) is -0.216. The summed E-state index contributed by atoms with van der Waals surface area (Å²) in [5.41, 5.74) is 1.91. The highest BCUT2D eigenvalue weighted by atomic mass is 19.1. The van der Waals surface area contributed by atoms with Crippen LogP contribution >= 0.6 is 0 Å². The number of rotatable bonds is 7. The summed E-state index contributed by atoms with van der Waals surface area (Å²) in [6.07, 6.45) is 0. The third kappa shape index (κ3) is 4.42. The van der Waals surface area contributed by atoms with Crippen molar-refractivity contribution in [1.82, 2.24) is 9.80 Å². The summed E-state index contributed by atoms with van der Waals surface area (Å²) in [7, 11) is 1.80. The van der Waals surface area contributed by atoms with Crippen LogP contribution in [0.25, 0.3) is 0 Å². The van der Waals surface area contributed by atoms with Gasteiger partial charge in [-0.3, -0.25) is 9.69 Å². The summed E-state index contributed by atoms with van der Waals surface area (Å²) < 4.78 is 13.0. The third-order valence-corrected chi connectivity index (χ3v) is 4.24. The van der Waals surface area contributed by atoms with Gasteiger partial charge >= 0.3 is 0 Å². The van der Waals surface area contributed by atoms with E-state index in [-0.39, 0.29) is 17.8 Å². The molecule has 0 aliphatic heterocycles. The number of likely N-dealkylation sites (N-methyl/N-ethyl adjacent to an activating group) is 2. The Hall–Kier alpha value is -2.20. The van der Waals surface area contributed by atoms with Gasteiger partial charge in [0.05, 0.1) is 0 Å². The second-order valence-corrected chi connectivity index (χ2v) is 5.86. The predicted molar refractivity (Wildman–Crippen MR) is 95.0 cm³/mol. The van der Waals surface area contributed by atoms with Gasteiger partial charge in [-0.15, -0.1) is 0 Å². The summed E-state index contributed by atoms with van der Waals surface area (Å²) in [4.78, 5) is 16.9. The van der Waals surface area contributed by atoms with E-state index in [1.54, 1.807) is 24.1 Å². The Balaban J connectivity index is 2.21. The molecule has 3 nitrogen and oxygen atoms in total. The molecule has 0 N–H and O–H groups in total. The largest absolute Gasteiger partial charge is 0.340 e. The van der Waals surface area contributed by atoms with Crippen LogP contribution in [0, 0.1) is 5.82 Å².